The van der Waals surface area contributed by atoms with Gasteiger partial charge in [-0.2, -0.15) is 0 Å². The average Bonchev–Trinajstić information content (AvgIpc) is 3.19. The second kappa shape index (κ2) is 4.49. The molecule has 0 bridgehead atoms. The number of nitrogens with zero attached hydrogens (tertiary/aromatic N) is 2. The monoisotopic (exact) mass is 252 g/mol. The Labute approximate surface area is 109 Å². The van der Waals surface area contributed by atoms with Crippen LogP contribution < -0.4 is 0 Å². The summed E-state index contributed by atoms with van der Waals surface area (Å²) in [6.45, 7) is 5.22. The maximum absolute atomic E-state index is 12.3. The lowest BCUT2D eigenvalue weighted by Crippen LogP contribution is -2.67. The number of likely N-dealkylation sites (tertiary alicyclic amines) is 2. The number of hydrogen-bond donors (Lipinski definition) is 1. The minimum absolute atomic E-state index is 0.0536. The lowest BCUT2D eigenvalue weighted by atomic mass is 9.87. The lowest BCUT2D eigenvalue weighted by molar-refractivity contribution is -0.155. The Bertz CT molecular complexity index is 329. The minimum atomic E-state index is -0.476. The van der Waals surface area contributed by atoms with Gasteiger partial charge >= 0.3 is 0 Å². The number of aliphatic hydroxyl groups is 1. The molecule has 1 unspecified atom stereocenters. The van der Waals surface area contributed by atoms with Crippen LogP contribution in [0.4, 0.5) is 0 Å². The molecule has 3 rings (SSSR count). The first-order valence-electron chi connectivity index (χ1n) is 7.35. The van der Waals surface area contributed by atoms with E-state index in [1.165, 1.54) is 19.3 Å². The van der Waals surface area contributed by atoms with E-state index in [2.05, 4.69) is 4.90 Å². The minimum Gasteiger partial charge on any atom is -0.387 e. The van der Waals surface area contributed by atoms with Crippen molar-refractivity contribution in [3.05, 3.63) is 0 Å². The molecular formula is C14H24N2O2. The molecule has 1 amide bonds. The fraction of sp³-hybridized carbons (Fsp3) is 0.929. The van der Waals surface area contributed by atoms with Gasteiger partial charge in [-0.1, -0.05) is 0 Å². The van der Waals surface area contributed by atoms with Crippen molar-refractivity contribution < 1.29 is 9.90 Å². The van der Waals surface area contributed by atoms with E-state index < -0.39 is 5.60 Å². The predicted octanol–water partition coefficient (Wildman–Crippen LogP) is 0.844. The number of hydrogen-bond acceptors (Lipinski definition) is 3. The van der Waals surface area contributed by atoms with E-state index in [0.717, 1.165) is 25.9 Å². The first kappa shape index (κ1) is 12.4. The maximum Gasteiger partial charge on any atom is 0.239 e. The van der Waals surface area contributed by atoms with Crippen LogP contribution in [0.1, 0.15) is 39.0 Å². The van der Waals surface area contributed by atoms with Gasteiger partial charge in [0.1, 0.15) is 0 Å². The summed E-state index contributed by atoms with van der Waals surface area (Å²) in [6.07, 6.45) is 5.87. The SMILES string of the molecule is CC(C(=O)N1CCCCC1)N1CC(O)(C2CC2)C1. The molecule has 1 aliphatic carbocycles. The zero-order valence-electron chi connectivity index (χ0n) is 11.3. The normalized spacial score (nSPS) is 29.8. The number of rotatable bonds is 3. The number of piperidine rings is 1. The van der Waals surface area contributed by atoms with Crippen molar-refractivity contribution in [2.75, 3.05) is 26.2 Å². The van der Waals surface area contributed by atoms with E-state index in [0.29, 0.717) is 19.0 Å². The molecule has 2 saturated heterocycles. The first-order valence-corrected chi connectivity index (χ1v) is 7.35. The Kier molecular flexibility index (Phi) is 3.10. The summed E-state index contributed by atoms with van der Waals surface area (Å²) in [7, 11) is 0. The molecule has 2 heterocycles. The third-order valence-corrected chi connectivity index (χ3v) is 4.86. The van der Waals surface area contributed by atoms with Gasteiger partial charge in [0.25, 0.3) is 0 Å². The Hall–Kier alpha value is -0.610. The highest BCUT2D eigenvalue weighted by atomic mass is 16.3. The average molecular weight is 252 g/mol. The third-order valence-electron chi connectivity index (χ3n) is 4.86. The van der Waals surface area contributed by atoms with Crippen molar-refractivity contribution >= 4 is 5.91 Å². The van der Waals surface area contributed by atoms with Crippen LogP contribution in [-0.4, -0.2) is 58.6 Å². The van der Waals surface area contributed by atoms with Crippen molar-refractivity contribution in [3.63, 3.8) is 0 Å². The highest BCUT2D eigenvalue weighted by molar-refractivity contribution is 5.81. The molecule has 18 heavy (non-hydrogen) atoms. The molecule has 1 atom stereocenters. The molecule has 4 nitrogen and oxygen atoms in total. The van der Waals surface area contributed by atoms with Gasteiger partial charge < -0.3 is 10.0 Å². The number of carbonyl (C=O) groups is 1. The molecule has 0 aromatic carbocycles. The van der Waals surface area contributed by atoms with Crippen LogP contribution in [0.15, 0.2) is 0 Å². The van der Waals surface area contributed by atoms with E-state index in [-0.39, 0.29) is 11.9 Å². The molecule has 1 N–H and O–H groups in total. The summed E-state index contributed by atoms with van der Waals surface area (Å²) in [5.74, 6) is 0.763. The molecule has 1 saturated carbocycles. The molecule has 0 aromatic heterocycles. The molecule has 102 valence electrons. The molecule has 4 heteroatoms. The van der Waals surface area contributed by atoms with E-state index in [9.17, 15) is 9.90 Å². The Morgan fingerprint density at radius 3 is 2.39 bits per heavy atom. The summed E-state index contributed by atoms with van der Waals surface area (Å²) >= 11 is 0. The Morgan fingerprint density at radius 2 is 1.83 bits per heavy atom. The quantitative estimate of drug-likeness (QED) is 0.809. The zero-order valence-corrected chi connectivity index (χ0v) is 11.3. The van der Waals surface area contributed by atoms with Crippen LogP contribution in [0, 0.1) is 5.92 Å². The van der Waals surface area contributed by atoms with Crippen molar-refractivity contribution in [2.45, 2.75) is 50.7 Å². The van der Waals surface area contributed by atoms with Gasteiger partial charge in [0.15, 0.2) is 0 Å². The standard InChI is InChI=1S/C14H24N2O2/c1-11(13(17)15-7-3-2-4-8-15)16-9-14(18,10-16)12-5-6-12/h11-12,18H,2-10H2,1H3. The highest BCUT2D eigenvalue weighted by Gasteiger charge is 2.53. The largest absolute Gasteiger partial charge is 0.387 e. The molecule has 2 aliphatic heterocycles. The van der Waals surface area contributed by atoms with Crippen LogP contribution in [0.2, 0.25) is 0 Å². The molecular weight excluding hydrogens is 228 g/mol. The third kappa shape index (κ3) is 2.16. The van der Waals surface area contributed by atoms with Gasteiger partial charge in [-0.05, 0) is 44.9 Å². The van der Waals surface area contributed by atoms with Gasteiger partial charge in [0.2, 0.25) is 5.91 Å². The molecule has 3 aliphatic rings. The summed E-state index contributed by atoms with van der Waals surface area (Å²) in [4.78, 5) is 16.5. The van der Waals surface area contributed by atoms with Crippen molar-refractivity contribution in [3.8, 4) is 0 Å². The summed E-state index contributed by atoms with van der Waals surface area (Å²) in [6, 6.07) is -0.0536. The zero-order chi connectivity index (χ0) is 12.8. The van der Waals surface area contributed by atoms with Gasteiger partial charge in [0.05, 0.1) is 11.6 Å². The molecule has 0 radical (unpaired) electrons. The summed E-state index contributed by atoms with van der Waals surface area (Å²) < 4.78 is 0. The van der Waals surface area contributed by atoms with E-state index in [1.54, 1.807) is 0 Å². The van der Waals surface area contributed by atoms with Gasteiger partial charge in [-0.3, -0.25) is 9.69 Å². The maximum atomic E-state index is 12.3. The van der Waals surface area contributed by atoms with Crippen LogP contribution in [0.25, 0.3) is 0 Å². The Balaban J connectivity index is 1.52. The second-order valence-electron chi connectivity index (χ2n) is 6.34. The van der Waals surface area contributed by atoms with Crippen LogP contribution in [0.5, 0.6) is 0 Å². The van der Waals surface area contributed by atoms with E-state index in [4.69, 9.17) is 0 Å². The smallest absolute Gasteiger partial charge is 0.239 e. The molecule has 3 fully saturated rings. The van der Waals surface area contributed by atoms with Crippen LogP contribution in [0.3, 0.4) is 0 Å². The van der Waals surface area contributed by atoms with Crippen LogP contribution >= 0.6 is 0 Å². The molecule has 0 spiro atoms. The van der Waals surface area contributed by atoms with Crippen LogP contribution in [-0.2, 0) is 4.79 Å². The van der Waals surface area contributed by atoms with Crippen molar-refractivity contribution in [1.29, 1.82) is 0 Å². The van der Waals surface area contributed by atoms with Gasteiger partial charge in [0, 0.05) is 26.2 Å². The second-order valence-corrected chi connectivity index (χ2v) is 6.34. The van der Waals surface area contributed by atoms with E-state index >= 15 is 0 Å². The Morgan fingerprint density at radius 1 is 1.22 bits per heavy atom. The van der Waals surface area contributed by atoms with Crippen molar-refractivity contribution in [1.82, 2.24) is 9.80 Å². The van der Waals surface area contributed by atoms with Crippen molar-refractivity contribution in [2.24, 2.45) is 5.92 Å². The first-order chi connectivity index (χ1) is 8.60. The fourth-order valence-corrected chi connectivity index (χ4v) is 3.34. The summed E-state index contributed by atoms with van der Waals surface area (Å²) in [5, 5.41) is 10.3. The molecule has 0 aromatic rings. The lowest BCUT2D eigenvalue weighted by Gasteiger charge is -2.50. The summed E-state index contributed by atoms with van der Waals surface area (Å²) in [5.41, 5.74) is -0.476. The van der Waals surface area contributed by atoms with Gasteiger partial charge in [-0.15, -0.1) is 0 Å². The predicted molar refractivity (Wildman–Crippen MR) is 69.1 cm³/mol. The highest BCUT2D eigenvalue weighted by Crippen LogP contribution is 2.45. The van der Waals surface area contributed by atoms with E-state index in [1.807, 2.05) is 11.8 Å². The number of β-amino-alcohol motifs (C(OH)–C–C–N with tert-alkyl or cyclic N) is 1. The topological polar surface area (TPSA) is 43.8 Å². The fourth-order valence-electron chi connectivity index (χ4n) is 3.34. The number of amides is 1. The van der Waals surface area contributed by atoms with Gasteiger partial charge in [-0.25, -0.2) is 0 Å². The number of carbonyl (C=O) groups excluding carboxylic acids is 1.